The Morgan fingerprint density at radius 3 is 2.13 bits per heavy atom. The van der Waals surface area contributed by atoms with E-state index in [9.17, 15) is 18.0 Å². The summed E-state index contributed by atoms with van der Waals surface area (Å²) < 4.78 is 50.4. The number of amides is 1. The monoisotopic (exact) mass is 389 g/mol. The maximum Gasteiger partial charge on any atom is 0.256 e. The summed E-state index contributed by atoms with van der Waals surface area (Å²) in [6.07, 6.45) is 0. The Morgan fingerprint density at radius 2 is 1.61 bits per heavy atom. The number of halogens is 4. The van der Waals surface area contributed by atoms with Crippen molar-refractivity contribution in [1.82, 2.24) is 0 Å². The van der Waals surface area contributed by atoms with E-state index in [0.717, 1.165) is 12.1 Å². The summed E-state index contributed by atoms with van der Waals surface area (Å²) >= 11 is 3.25. The summed E-state index contributed by atoms with van der Waals surface area (Å²) in [5, 5.41) is 2.17. The summed E-state index contributed by atoms with van der Waals surface area (Å²) in [5.74, 6) is -4.57. The van der Waals surface area contributed by atoms with Crippen molar-refractivity contribution < 1.29 is 27.4 Å². The standard InChI is InChI=1S/C15H11BrF3NO3/c1-22-10-5-7(6-11(23-2)12(10)16)15(21)20-9-4-3-8(17)13(18)14(9)19/h3-6H,1-2H3,(H,20,21). The highest BCUT2D eigenvalue weighted by atomic mass is 79.9. The Morgan fingerprint density at radius 1 is 1.04 bits per heavy atom. The summed E-state index contributed by atoms with van der Waals surface area (Å²) in [7, 11) is 2.80. The molecule has 0 aliphatic heterocycles. The number of methoxy groups -OCH3 is 2. The van der Waals surface area contributed by atoms with Gasteiger partial charge < -0.3 is 14.8 Å². The van der Waals surface area contributed by atoms with Crippen molar-refractivity contribution in [2.75, 3.05) is 19.5 Å². The van der Waals surface area contributed by atoms with Crippen molar-refractivity contribution in [3.63, 3.8) is 0 Å². The van der Waals surface area contributed by atoms with Gasteiger partial charge in [-0.1, -0.05) is 0 Å². The Kier molecular flexibility index (Phi) is 5.15. The highest BCUT2D eigenvalue weighted by Gasteiger charge is 2.18. The molecule has 0 aliphatic rings. The fraction of sp³-hybridized carbons (Fsp3) is 0.133. The summed E-state index contributed by atoms with van der Waals surface area (Å²) in [6, 6.07) is 4.43. The zero-order valence-electron chi connectivity index (χ0n) is 12.0. The minimum absolute atomic E-state index is 0.0889. The molecule has 0 heterocycles. The molecule has 1 amide bonds. The summed E-state index contributed by atoms with van der Waals surface area (Å²) in [6.45, 7) is 0. The lowest BCUT2D eigenvalue weighted by Gasteiger charge is -2.12. The quantitative estimate of drug-likeness (QED) is 0.799. The molecule has 0 aromatic heterocycles. The molecule has 23 heavy (non-hydrogen) atoms. The second-order valence-corrected chi connectivity index (χ2v) is 5.16. The van der Waals surface area contributed by atoms with Crippen molar-refractivity contribution in [2.45, 2.75) is 0 Å². The minimum Gasteiger partial charge on any atom is -0.495 e. The molecule has 0 atom stereocenters. The van der Waals surface area contributed by atoms with Crippen LogP contribution >= 0.6 is 15.9 Å². The molecule has 0 saturated heterocycles. The van der Waals surface area contributed by atoms with Gasteiger partial charge in [-0.2, -0.15) is 0 Å². The van der Waals surface area contributed by atoms with Crippen molar-refractivity contribution >= 4 is 27.5 Å². The first-order valence-electron chi connectivity index (χ1n) is 6.25. The maximum absolute atomic E-state index is 13.6. The Labute approximate surface area is 138 Å². The van der Waals surface area contributed by atoms with Crippen LogP contribution in [0, 0.1) is 17.5 Å². The molecular weight excluding hydrogens is 379 g/mol. The second kappa shape index (κ2) is 6.91. The molecular formula is C15H11BrF3NO3. The van der Waals surface area contributed by atoms with Crippen LogP contribution in [0.2, 0.25) is 0 Å². The van der Waals surface area contributed by atoms with Crippen molar-refractivity contribution in [2.24, 2.45) is 0 Å². The summed E-state index contributed by atoms with van der Waals surface area (Å²) in [5.41, 5.74) is -0.388. The van der Waals surface area contributed by atoms with E-state index in [4.69, 9.17) is 9.47 Å². The van der Waals surface area contributed by atoms with E-state index in [2.05, 4.69) is 21.2 Å². The molecule has 0 fully saturated rings. The van der Waals surface area contributed by atoms with Gasteiger partial charge in [0.1, 0.15) is 16.0 Å². The average molecular weight is 390 g/mol. The van der Waals surface area contributed by atoms with E-state index >= 15 is 0 Å². The molecule has 0 aliphatic carbocycles. The summed E-state index contributed by atoms with van der Waals surface area (Å²) in [4.78, 5) is 12.2. The van der Waals surface area contributed by atoms with Gasteiger partial charge in [-0.15, -0.1) is 0 Å². The first kappa shape index (κ1) is 17.1. The van der Waals surface area contributed by atoms with Crippen LogP contribution in [-0.4, -0.2) is 20.1 Å². The number of ether oxygens (including phenoxy) is 2. The molecule has 8 heteroatoms. The van der Waals surface area contributed by atoms with Gasteiger partial charge in [0, 0.05) is 5.56 Å². The molecule has 0 bridgehead atoms. The zero-order chi connectivity index (χ0) is 17.1. The lowest BCUT2D eigenvalue weighted by Crippen LogP contribution is -2.14. The van der Waals surface area contributed by atoms with Crippen LogP contribution < -0.4 is 14.8 Å². The molecule has 0 radical (unpaired) electrons. The van der Waals surface area contributed by atoms with Crippen LogP contribution in [0.5, 0.6) is 11.5 Å². The van der Waals surface area contributed by atoms with Crippen molar-refractivity contribution in [1.29, 1.82) is 0 Å². The van der Waals surface area contributed by atoms with Crippen LogP contribution in [0.4, 0.5) is 18.9 Å². The number of rotatable bonds is 4. The maximum atomic E-state index is 13.6. The normalized spacial score (nSPS) is 10.3. The van der Waals surface area contributed by atoms with E-state index in [1.54, 1.807) is 0 Å². The Hall–Kier alpha value is -2.22. The number of hydrogen-bond acceptors (Lipinski definition) is 3. The second-order valence-electron chi connectivity index (χ2n) is 4.37. The third-order valence-electron chi connectivity index (χ3n) is 2.99. The number of nitrogens with one attached hydrogen (secondary N) is 1. The van der Waals surface area contributed by atoms with Crippen LogP contribution in [0.3, 0.4) is 0 Å². The molecule has 0 saturated carbocycles. The first-order chi connectivity index (χ1) is 10.9. The van der Waals surface area contributed by atoms with Crippen LogP contribution in [-0.2, 0) is 0 Å². The largest absolute Gasteiger partial charge is 0.495 e. The molecule has 2 aromatic rings. The molecule has 4 nitrogen and oxygen atoms in total. The van der Waals surface area contributed by atoms with Gasteiger partial charge in [-0.05, 0) is 40.2 Å². The topological polar surface area (TPSA) is 47.6 Å². The Balaban J connectivity index is 2.37. The highest BCUT2D eigenvalue weighted by molar-refractivity contribution is 9.10. The van der Waals surface area contributed by atoms with Gasteiger partial charge >= 0.3 is 0 Å². The predicted octanol–water partition coefficient (Wildman–Crippen LogP) is 4.14. The van der Waals surface area contributed by atoms with E-state index in [-0.39, 0.29) is 5.56 Å². The van der Waals surface area contributed by atoms with Gasteiger partial charge in [0.15, 0.2) is 17.5 Å². The number of carbonyl (C=O) groups excluding carboxylic acids is 1. The van der Waals surface area contributed by atoms with Crippen LogP contribution in [0.15, 0.2) is 28.7 Å². The van der Waals surface area contributed by atoms with Gasteiger partial charge in [0.05, 0.1) is 19.9 Å². The van der Waals surface area contributed by atoms with Gasteiger partial charge in [-0.3, -0.25) is 4.79 Å². The predicted molar refractivity (Wildman–Crippen MR) is 81.5 cm³/mol. The molecule has 2 rings (SSSR count). The first-order valence-corrected chi connectivity index (χ1v) is 7.04. The SMILES string of the molecule is COc1cc(C(=O)Nc2ccc(F)c(F)c2F)cc(OC)c1Br. The fourth-order valence-electron chi connectivity index (χ4n) is 1.82. The molecule has 1 N–H and O–H groups in total. The van der Waals surface area contributed by atoms with Gasteiger partial charge in [-0.25, -0.2) is 13.2 Å². The smallest absolute Gasteiger partial charge is 0.256 e. The van der Waals surface area contributed by atoms with Gasteiger partial charge in [0.25, 0.3) is 5.91 Å². The molecule has 0 spiro atoms. The van der Waals surface area contributed by atoms with E-state index < -0.39 is 29.0 Å². The third-order valence-corrected chi connectivity index (χ3v) is 3.77. The van der Waals surface area contributed by atoms with E-state index in [0.29, 0.717) is 16.0 Å². The van der Waals surface area contributed by atoms with E-state index in [1.165, 1.54) is 26.4 Å². The van der Waals surface area contributed by atoms with Gasteiger partial charge in [0.2, 0.25) is 0 Å². The molecule has 0 unspecified atom stereocenters. The number of anilines is 1. The number of hydrogen-bond donors (Lipinski definition) is 1. The number of benzene rings is 2. The van der Waals surface area contributed by atoms with Crippen molar-refractivity contribution in [3.05, 3.63) is 51.8 Å². The highest BCUT2D eigenvalue weighted by Crippen LogP contribution is 2.35. The van der Waals surface area contributed by atoms with Crippen molar-refractivity contribution in [3.8, 4) is 11.5 Å². The van der Waals surface area contributed by atoms with Crippen LogP contribution in [0.1, 0.15) is 10.4 Å². The average Bonchev–Trinajstić information content (AvgIpc) is 2.55. The minimum atomic E-state index is -1.66. The Bertz CT molecular complexity index is 743. The lowest BCUT2D eigenvalue weighted by atomic mass is 10.1. The zero-order valence-corrected chi connectivity index (χ0v) is 13.6. The third kappa shape index (κ3) is 3.42. The number of carbonyl (C=O) groups is 1. The van der Waals surface area contributed by atoms with Crippen LogP contribution in [0.25, 0.3) is 0 Å². The lowest BCUT2D eigenvalue weighted by molar-refractivity contribution is 0.102. The van der Waals surface area contributed by atoms with E-state index in [1.807, 2.05) is 0 Å². The molecule has 2 aromatic carbocycles. The molecule has 122 valence electrons. The fourth-order valence-corrected chi connectivity index (χ4v) is 2.37.